The molecule has 0 fully saturated rings. The number of ether oxygens (including phenoxy) is 2. The second-order valence-corrected chi connectivity index (χ2v) is 7.78. The molecule has 0 aliphatic heterocycles. The van der Waals surface area contributed by atoms with Gasteiger partial charge in [-0.05, 0) is 42.8 Å². The van der Waals surface area contributed by atoms with Crippen molar-refractivity contribution < 1.29 is 9.47 Å². The molecule has 168 valence electrons. The first-order valence-electron chi connectivity index (χ1n) is 10.4. The fraction of sp³-hybridized carbons (Fsp3) is 0.154. The van der Waals surface area contributed by atoms with E-state index in [0.29, 0.717) is 28.4 Å². The van der Waals surface area contributed by atoms with Crippen molar-refractivity contribution >= 4 is 17.4 Å². The lowest BCUT2D eigenvalue weighted by molar-refractivity contribution is 0.355. The van der Waals surface area contributed by atoms with Crippen LogP contribution in [0, 0.1) is 0 Å². The van der Waals surface area contributed by atoms with Crippen molar-refractivity contribution in [3.05, 3.63) is 99.9 Å². The fourth-order valence-electron chi connectivity index (χ4n) is 3.68. The summed E-state index contributed by atoms with van der Waals surface area (Å²) in [6.07, 6.45) is 0. The molecular weight excluding hydrogens is 438 g/mol. The number of hydrogen-bond donors (Lipinski definition) is 1. The summed E-state index contributed by atoms with van der Waals surface area (Å²) in [6.45, 7) is 1.97. The Morgan fingerprint density at radius 1 is 0.909 bits per heavy atom. The monoisotopic (exact) mass is 461 g/mol. The van der Waals surface area contributed by atoms with Crippen LogP contribution < -0.4 is 20.3 Å². The molecule has 3 aromatic carbocycles. The lowest BCUT2D eigenvalue weighted by Gasteiger charge is -2.20. The zero-order chi connectivity index (χ0) is 23.4. The predicted octanol–water partition coefficient (Wildman–Crippen LogP) is 5.74. The Morgan fingerprint density at radius 2 is 1.55 bits per heavy atom. The van der Waals surface area contributed by atoms with Crippen LogP contribution in [0.15, 0.2) is 83.7 Å². The molecule has 7 heteroatoms. The maximum absolute atomic E-state index is 13.7. The summed E-state index contributed by atoms with van der Waals surface area (Å²) in [5, 5.41) is 3.41. The molecule has 0 aliphatic carbocycles. The first kappa shape index (κ1) is 22.4. The Morgan fingerprint density at radius 3 is 2.18 bits per heavy atom. The second kappa shape index (κ2) is 9.79. The lowest BCUT2D eigenvalue weighted by Crippen LogP contribution is -2.26. The van der Waals surface area contributed by atoms with E-state index in [2.05, 4.69) is 10.3 Å². The van der Waals surface area contributed by atoms with Crippen molar-refractivity contribution in [2.45, 2.75) is 13.0 Å². The van der Waals surface area contributed by atoms with E-state index in [4.69, 9.17) is 21.1 Å². The molecule has 6 nitrogen and oxygen atoms in total. The summed E-state index contributed by atoms with van der Waals surface area (Å²) in [5.41, 5.74) is 2.54. The van der Waals surface area contributed by atoms with E-state index >= 15 is 0 Å². The molecule has 0 saturated carbocycles. The molecule has 0 aliphatic rings. The van der Waals surface area contributed by atoms with Gasteiger partial charge in [-0.15, -0.1) is 0 Å². The van der Waals surface area contributed by atoms with E-state index in [-0.39, 0.29) is 22.6 Å². The second-order valence-electron chi connectivity index (χ2n) is 7.42. The standard InChI is InChI=1S/C26H24ClN3O3/c1-17(18-10-6-4-7-11-18)28-25-26(31)30(20-12-8-5-9-13-20)23(24(27)29-25)19-14-15-21(32-2)22(16-19)33-3/h4-17H,1-3H3,(H,28,29)/t17-/m0/s1. The van der Waals surface area contributed by atoms with E-state index in [0.717, 1.165) is 5.56 Å². The molecule has 1 aromatic heterocycles. The summed E-state index contributed by atoms with van der Waals surface area (Å²) in [4.78, 5) is 18.1. The zero-order valence-electron chi connectivity index (χ0n) is 18.6. The van der Waals surface area contributed by atoms with Crippen LogP contribution in [0.3, 0.4) is 0 Å². The number of rotatable bonds is 7. The van der Waals surface area contributed by atoms with Crippen LogP contribution >= 0.6 is 11.6 Å². The minimum atomic E-state index is -0.307. The van der Waals surface area contributed by atoms with Gasteiger partial charge in [0.25, 0.3) is 5.56 Å². The highest BCUT2D eigenvalue weighted by molar-refractivity contribution is 6.32. The third kappa shape index (κ3) is 4.56. The Kier molecular flexibility index (Phi) is 6.66. The molecule has 0 amide bonds. The van der Waals surface area contributed by atoms with E-state index in [1.807, 2.05) is 73.7 Å². The number of anilines is 1. The van der Waals surface area contributed by atoms with Gasteiger partial charge in [0, 0.05) is 11.3 Å². The minimum Gasteiger partial charge on any atom is -0.493 e. The number of nitrogens with zero attached hydrogens (tertiary/aromatic N) is 2. The first-order chi connectivity index (χ1) is 16.0. The quantitative estimate of drug-likeness (QED) is 0.380. The van der Waals surface area contributed by atoms with Crippen molar-refractivity contribution in [2.75, 3.05) is 19.5 Å². The fourth-order valence-corrected chi connectivity index (χ4v) is 3.96. The van der Waals surface area contributed by atoms with E-state index in [9.17, 15) is 4.79 Å². The minimum absolute atomic E-state index is 0.140. The van der Waals surface area contributed by atoms with Crippen LogP contribution in [-0.2, 0) is 0 Å². The molecule has 33 heavy (non-hydrogen) atoms. The van der Waals surface area contributed by atoms with E-state index in [1.165, 1.54) is 0 Å². The molecular formula is C26H24ClN3O3. The van der Waals surface area contributed by atoms with Crippen molar-refractivity contribution in [1.82, 2.24) is 9.55 Å². The predicted molar refractivity (Wildman–Crippen MR) is 132 cm³/mol. The van der Waals surface area contributed by atoms with Gasteiger partial charge >= 0.3 is 0 Å². The molecule has 4 aromatic rings. The summed E-state index contributed by atoms with van der Waals surface area (Å²) in [5.74, 6) is 1.27. The first-order valence-corrected chi connectivity index (χ1v) is 10.8. The smallest absolute Gasteiger partial charge is 0.298 e. The van der Waals surface area contributed by atoms with Crippen LogP contribution in [0.4, 0.5) is 5.82 Å². The van der Waals surface area contributed by atoms with Crippen molar-refractivity contribution in [3.63, 3.8) is 0 Å². The number of nitrogens with one attached hydrogen (secondary N) is 1. The average Bonchev–Trinajstić information content (AvgIpc) is 2.86. The van der Waals surface area contributed by atoms with Crippen molar-refractivity contribution in [2.24, 2.45) is 0 Å². The molecule has 0 saturated heterocycles. The van der Waals surface area contributed by atoms with Gasteiger partial charge < -0.3 is 14.8 Å². The van der Waals surface area contributed by atoms with Gasteiger partial charge in [-0.25, -0.2) is 4.98 Å². The summed E-state index contributed by atoms with van der Waals surface area (Å²) in [6, 6.07) is 24.4. The third-order valence-corrected chi connectivity index (χ3v) is 5.62. The normalized spacial score (nSPS) is 11.6. The molecule has 0 unspecified atom stereocenters. The van der Waals surface area contributed by atoms with Gasteiger partial charge in [0.15, 0.2) is 22.5 Å². The van der Waals surface area contributed by atoms with Gasteiger partial charge in [-0.1, -0.05) is 60.1 Å². The number of benzene rings is 3. The van der Waals surface area contributed by atoms with Gasteiger partial charge in [-0.2, -0.15) is 0 Å². The maximum atomic E-state index is 13.7. The lowest BCUT2D eigenvalue weighted by atomic mass is 10.1. The van der Waals surface area contributed by atoms with Crippen molar-refractivity contribution in [1.29, 1.82) is 0 Å². The van der Waals surface area contributed by atoms with Crippen LogP contribution in [-0.4, -0.2) is 23.8 Å². The Labute approximate surface area is 197 Å². The number of halogens is 1. The van der Waals surface area contributed by atoms with Gasteiger partial charge in [0.1, 0.15) is 0 Å². The number of aromatic nitrogens is 2. The highest BCUT2D eigenvalue weighted by atomic mass is 35.5. The van der Waals surface area contributed by atoms with E-state index in [1.54, 1.807) is 30.9 Å². The SMILES string of the molecule is COc1ccc(-c2c(Cl)nc(N[C@@H](C)c3ccccc3)c(=O)n2-c2ccccc2)cc1OC. The Hall–Kier alpha value is -3.77. The van der Waals surface area contributed by atoms with Crippen LogP contribution in [0.5, 0.6) is 11.5 Å². The molecule has 1 heterocycles. The molecule has 1 atom stereocenters. The topological polar surface area (TPSA) is 65.4 Å². The van der Waals surface area contributed by atoms with Crippen LogP contribution in [0.25, 0.3) is 16.9 Å². The largest absolute Gasteiger partial charge is 0.493 e. The summed E-state index contributed by atoms with van der Waals surface area (Å²) >= 11 is 6.71. The van der Waals surface area contributed by atoms with Gasteiger partial charge in [0.05, 0.1) is 26.0 Å². The van der Waals surface area contributed by atoms with Gasteiger partial charge in [0.2, 0.25) is 0 Å². The van der Waals surface area contributed by atoms with Crippen LogP contribution in [0.2, 0.25) is 5.15 Å². The molecule has 4 rings (SSSR count). The summed E-state index contributed by atoms with van der Waals surface area (Å²) in [7, 11) is 3.13. The molecule has 0 radical (unpaired) electrons. The molecule has 0 spiro atoms. The zero-order valence-corrected chi connectivity index (χ0v) is 19.3. The Balaban J connectivity index is 1.89. The highest BCUT2D eigenvalue weighted by Gasteiger charge is 2.21. The maximum Gasteiger partial charge on any atom is 0.298 e. The molecule has 1 N–H and O–H groups in total. The average molecular weight is 462 g/mol. The molecule has 0 bridgehead atoms. The highest BCUT2D eigenvalue weighted by Crippen LogP contribution is 2.35. The van der Waals surface area contributed by atoms with Crippen molar-refractivity contribution in [3.8, 4) is 28.4 Å². The summed E-state index contributed by atoms with van der Waals surface area (Å²) < 4.78 is 12.4. The Bertz CT molecular complexity index is 1310. The van der Waals surface area contributed by atoms with E-state index < -0.39 is 0 Å². The number of para-hydroxylation sites is 1. The third-order valence-electron chi connectivity index (χ3n) is 5.36. The number of methoxy groups -OCH3 is 2. The van der Waals surface area contributed by atoms with Gasteiger partial charge in [-0.3, -0.25) is 9.36 Å². The van der Waals surface area contributed by atoms with Crippen LogP contribution in [0.1, 0.15) is 18.5 Å². The number of hydrogen-bond acceptors (Lipinski definition) is 5.